The number of anilines is 1. The van der Waals surface area contributed by atoms with Crippen molar-refractivity contribution in [2.24, 2.45) is 5.92 Å². The summed E-state index contributed by atoms with van der Waals surface area (Å²) >= 11 is 1.22. The van der Waals surface area contributed by atoms with Crippen molar-refractivity contribution < 1.29 is 18.0 Å². The van der Waals surface area contributed by atoms with Gasteiger partial charge in [-0.1, -0.05) is 18.7 Å². The van der Waals surface area contributed by atoms with E-state index in [0.717, 1.165) is 37.4 Å². The van der Waals surface area contributed by atoms with Crippen molar-refractivity contribution in [1.82, 2.24) is 9.71 Å². The fourth-order valence-electron chi connectivity index (χ4n) is 3.43. The Morgan fingerprint density at radius 3 is 2.59 bits per heavy atom. The van der Waals surface area contributed by atoms with Crippen LogP contribution in [0.4, 0.5) is 5.69 Å². The number of carbonyl (C=O) groups excluding carboxylic acids is 2. The highest BCUT2D eigenvalue weighted by atomic mass is 32.2. The molecule has 2 aromatic rings. The van der Waals surface area contributed by atoms with Crippen LogP contribution < -0.4 is 10.0 Å². The molecular weight excluding hydrogens is 448 g/mol. The van der Waals surface area contributed by atoms with Crippen LogP contribution in [-0.4, -0.2) is 30.5 Å². The summed E-state index contributed by atoms with van der Waals surface area (Å²) in [5, 5.41) is 12.3. The summed E-state index contributed by atoms with van der Waals surface area (Å²) < 4.78 is 25.9. The second kappa shape index (κ2) is 9.71. The van der Waals surface area contributed by atoms with E-state index >= 15 is 0 Å². The maximum absolute atomic E-state index is 12.7. The van der Waals surface area contributed by atoms with Crippen molar-refractivity contribution in [3.63, 3.8) is 0 Å². The van der Waals surface area contributed by atoms with Crippen LogP contribution in [0.2, 0.25) is 0 Å². The fourth-order valence-corrected chi connectivity index (χ4v) is 5.31. The number of hydrogen-bond donors (Lipinski definition) is 2. The third-order valence-electron chi connectivity index (χ3n) is 5.09. The van der Waals surface area contributed by atoms with Crippen molar-refractivity contribution in [3.8, 4) is 6.07 Å². The number of amides is 2. The molecule has 8 nitrogen and oxygen atoms in total. The van der Waals surface area contributed by atoms with E-state index in [1.54, 1.807) is 6.92 Å². The van der Waals surface area contributed by atoms with E-state index in [2.05, 4.69) is 23.3 Å². The number of nitrogens with zero attached hydrogens (tertiary/aromatic N) is 2. The van der Waals surface area contributed by atoms with Crippen molar-refractivity contribution in [1.29, 1.82) is 5.26 Å². The Morgan fingerprint density at radius 2 is 1.97 bits per heavy atom. The molecule has 1 aliphatic carbocycles. The SMILES string of the molecule is CC(=O)NS(=O)(=O)c1ccc(NC(=O)C(C)Sc2nc3c(cc2C#N)CC(C)CC3)cc1. The number of thioether (sulfide) groups is 1. The molecule has 2 N–H and O–H groups in total. The summed E-state index contributed by atoms with van der Waals surface area (Å²) in [6, 6.07) is 9.58. The molecule has 3 rings (SSSR count). The van der Waals surface area contributed by atoms with Crippen molar-refractivity contribution in [2.75, 3.05) is 5.32 Å². The molecule has 0 spiro atoms. The van der Waals surface area contributed by atoms with E-state index in [0.29, 0.717) is 22.2 Å². The number of aryl methyl sites for hydroxylation is 1. The summed E-state index contributed by atoms with van der Waals surface area (Å²) in [6.45, 7) is 5.02. The molecule has 0 radical (unpaired) electrons. The molecule has 0 aliphatic heterocycles. The highest BCUT2D eigenvalue weighted by Gasteiger charge is 2.23. The van der Waals surface area contributed by atoms with Gasteiger partial charge in [-0.05, 0) is 68.0 Å². The molecule has 1 aliphatic rings. The topological polar surface area (TPSA) is 129 Å². The van der Waals surface area contributed by atoms with E-state index < -0.39 is 21.2 Å². The maximum atomic E-state index is 12.7. The van der Waals surface area contributed by atoms with Crippen LogP contribution >= 0.6 is 11.8 Å². The number of nitriles is 1. The van der Waals surface area contributed by atoms with Crippen LogP contribution in [0.25, 0.3) is 0 Å². The Labute approximate surface area is 191 Å². The zero-order chi connectivity index (χ0) is 23.5. The Bertz CT molecular complexity index is 1190. The molecule has 2 amide bonds. The Kier molecular flexibility index (Phi) is 7.21. The maximum Gasteiger partial charge on any atom is 0.264 e. The van der Waals surface area contributed by atoms with Crippen LogP contribution in [-0.2, 0) is 32.5 Å². The van der Waals surface area contributed by atoms with Gasteiger partial charge in [-0.3, -0.25) is 9.59 Å². The van der Waals surface area contributed by atoms with Crippen molar-refractivity contribution in [2.45, 2.75) is 55.2 Å². The highest BCUT2D eigenvalue weighted by molar-refractivity contribution is 8.00. The predicted octanol–water partition coefficient (Wildman–Crippen LogP) is 3.02. The number of fused-ring (bicyclic) bond motifs is 1. The summed E-state index contributed by atoms with van der Waals surface area (Å²) in [4.78, 5) is 28.3. The van der Waals surface area contributed by atoms with E-state index in [9.17, 15) is 23.3 Å². The monoisotopic (exact) mass is 472 g/mol. The molecule has 168 valence electrons. The van der Waals surface area contributed by atoms with E-state index in [4.69, 9.17) is 0 Å². The van der Waals surface area contributed by atoms with Gasteiger partial charge < -0.3 is 5.32 Å². The van der Waals surface area contributed by atoms with Gasteiger partial charge in [0.25, 0.3) is 10.0 Å². The van der Waals surface area contributed by atoms with Gasteiger partial charge in [0, 0.05) is 18.3 Å². The Morgan fingerprint density at radius 1 is 1.28 bits per heavy atom. The van der Waals surface area contributed by atoms with Gasteiger partial charge in [0.2, 0.25) is 11.8 Å². The molecule has 2 unspecified atom stereocenters. The van der Waals surface area contributed by atoms with Gasteiger partial charge in [0.05, 0.1) is 15.7 Å². The molecule has 10 heteroatoms. The zero-order valence-electron chi connectivity index (χ0n) is 18.0. The van der Waals surface area contributed by atoms with Gasteiger partial charge >= 0.3 is 0 Å². The number of hydrogen-bond acceptors (Lipinski definition) is 7. The quantitative estimate of drug-likeness (QED) is 0.618. The van der Waals surface area contributed by atoms with Crippen LogP contribution in [0, 0.1) is 17.2 Å². The number of pyridine rings is 1. The van der Waals surface area contributed by atoms with Crippen LogP contribution in [0.3, 0.4) is 0 Å². The van der Waals surface area contributed by atoms with Gasteiger partial charge in [-0.25, -0.2) is 18.1 Å². The molecule has 1 aromatic heterocycles. The molecule has 0 bridgehead atoms. The van der Waals surface area contributed by atoms with E-state index in [1.165, 1.54) is 36.0 Å². The standard InChI is InChI=1S/C22H24N4O4S2/c1-13-4-9-20-16(10-13)11-17(12-23)22(25-20)31-14(2)21(28)24-18-5-7-19(8-6-18)32(29,30)26-15(3)27/h5-8,11,13-14H,4,9-10H2,1-3H3,(H,24,28)(H,26,27). The van der Waals surface area contributed by atoms with Gasteiger partial charge in [0.15, 0.2) is 0 Å². The Balaban J connectivity index is 1.69. The second-order valence-corrected chi connectivity index (χ2v) is 10.9. The van der Waals surface area contributed by atoms with Crippen LogP contribution in [0.5, 0.6) is 0 Å². The first kappa shape index (κ1) is 23.8. The zero-order valence-corrected chi connectivity index (χ0v) is 19.6. The first-order valence-electron chi connectivity index (χ1n) is 10.1. The molecule has 0 saturated carbocycles. The highest BCUT2D eigenvalue weighted by Crippen LogP contribution is 2.31. The second-order valence-electron chi connectivity index (χ2n) is 7.84. The van der Waals surface area contributed by atoms with Crippen molar-refractivity contribution in [3.05, 3.63) is 47.2 Å². The lowest BCUT2D eigenvalue weighted by molar-refractivity contribution is -0.117. The summed E-state index contributed by atoms with van der Waals surface area (Å²) in [6.07, 6.45) is 2.83. The lowest BCUT2D eigenvalue weighted by Crippen LogP contribution is -2.28. The average molecular weight is 473 g/mol. The summed E-state index contributed by atoms with van der Waals surface area (Å²) in [5.74, 6) is -0.418. The third kappa shape index (κ3) is 5.66. The van der Waals surface area contributed by atoms with E-state index in [-0.39, 0.29) is 10.8 Å². The van der Waals surface area contributed by atoms with Gasteiger partial charge in [0.1, 0.15) is 11.1 Å². The molecular formula is C22H24N4O4S2. The normalized spacial score (nSPS) is 16.4. The van der Waals surface area contributed by atoms with Gasteiger partial charge in [-0.2, -0.15) is 5.26 Å². The average Bonchev–Trinajstić information content (AvgIpc) is 2.72. The lowest BCUT2D eigenvalue weighted by atomic mass is 9.87. The third-order valence-corrected chi connectivity index (χ3v) is 7.64. The Hall–Kier alpha value is -2.90. The number of rotatable bonds is 6. The van der Waals surface area contributed by atoms with E-state index in [1.807, 2.05) is 10.8 Å². The minimum Gasteiger partial charge on any atom is -0.325 e. The molecule has 32 heavy (non-hydrogen) atoms. The minimum atomic E-state index is -3.94. The number of aromatic nitrogens is 1. The summed E-state index contributed by atoms with van der Waals surface area (Å²) in [7, 11) is -3.94. The summed E-state index contributed by atoms with van der Waals surface area (Å²) in [5.41, 5.74) is 2.98. The predicted molar refractivity (Wildman–Crippen MR) is 122 cm³/mol. The minimum absolute atomic E-state index is 0.0839. The molecule has 1 heterocycles. The molecule has 2 atom stereocenters. The smallest absolute Gasteiger partial charge is 0.264 e. The largest absolute Gasteiger partial charge is 0.325 e. The molecule has 0 saturated heterocycles. The lowest BCUT2D eigenvalue weighted by Gasteiger charge is -2.22. The first-order valence-corrected chi connectivity index (χ1v) is 12.5. The van der Waals surface area contributed by atoms with Gasteiger partial charge in [-0.15, -0.1) is 0 Å². The number of sulfonamides is 1. The van der Waals surface area contributed by atoms with Crippen LogP contribution in [0.1, 0.15) is 44.0 Å². The number of nitrogens with one attached hydrogen (secondary N) is 2. The molecule has 1 aromatic carbocycles. The first-order chi connectivity index (χ1) is 15.1. The fraction of sp³-hybridized carbons (Fsp3) is 0.364. The number of benzene rings is 1. The van der Waals surface area contributed by atoms with Crippen molar-refractivity contribution >= 4 is 39.3 Å². The van der Waals surface area contributed by atoms with Crippen LogP contribution in [0.15, 0.2) is 40.3 Å². The molecule has 0 fully saturated rings. The number of carbonyl (C=O) groups is 2.